The Balaban J connectivity index is 1.86. The summed E-state index contributed by atoms with van der Waals surface area (Å²) in [7, 11) is 0. The SMILES string of the molecule is O=C(O)CC(c1ccccc1)N(Cc1ccsc1)C1CC1. The zero-order chi connectivity index (χ0) is 14.7. The van der Waals surface area contributed by atoms with E-state index in [4.69, 9.17) is 0 Å². The molecule has 1 aromatic heterocycles. The topological polar surface area (TPSA) is 40.5 Å². The third-order valence-electron chi connectivity index (χ3n) is 3.91. The monoisotopic (exact) mass is 301 g/mol. The van der Waals surface area contributed by atoms with E-state index in [1.807, 2.05) is 30.3 Å². The molecule has 110 valence electrons. The molecule has 0 bridgehead atoms. The lowest BCUT2D eigenvalue weighted by Gasteiger charge is -2.31. The second-order valence-electron chi connectivity index (χ2n) is 5.56. The molecular weight excluding hydrogens is 282 g/mol. The van der Waals surface area contributed by atoms with Gasteiger partial charge in [-0.3, -0.25) is 9.69 Å². The molecular formula is C17H19NO2S. The maximum absolute atomic E-state index is 11.3. The average Bonchev–Trinajstić information content (AvgIpc) is 3.20. The van der Waals surface area contributed by atoms with E-state index in [9.17, 15) is 9.90 Å². The molecule has 3 rings (SSSR count). The van der Waals surface area contributed by atoms with Crippen molar-refractivity contribution in [2.75, 3.05) is 0 Å². The number of carbonyl (C=O) groups is 1. The number of rotatable bonds is 7. The molecule has 1 fully saturated rings. The van der Waals surface area contributed by atoms with Crippen LogP contribution in [0.5, 0.6) is 0 Å². The number of carboxylic acid groups (broad SMARTS) is 1. The molecule has 21 heavy (non-hydrogen) atoms. The van der Waals surface area contributed by atoms with Gasteiger partial charge in [0.25, 0.3) is 0 Å². The molecule has 3 nitrogen and oxygen atoms in total. The predicted octanol–water partition coefficient (Wildman–Crippen LogP) is 3.93. The van der Waals surface area contributed by atoms with Crippen molar-refractivity contribution >= 4 is 17.3 Å². The lowest BCUT2D eigenvalue weighted by molar-refractivity contribution is -0.138. The first-order chi connectivity index (χ1) is 10.2. The minimum Gasteiger partial charge on any atom is -0.481 e. The fraction of sp³-hybridized carbons (Fsp3) is 0.353. The molecule has 1 unspecified atom stereocenters. The molecule has 1 aliphatic rings. The average molecular weight is 301 g/mol. The van der Waals surface area contributed by atoms with Gasteiger partial charge in [0.15, 0.2) is 0 Å². The van der Waals surface area contributed by atoms with Crippen LogP contribution in [0.3, 0.4) is 0 Å². The van der Waals surface area contributed by atoms with Gasteiger partial charge >= 0.3 is 5.97 Å². The molecule has 0 radical (unpaired) electrons. The van der Waals surface area contributed by atoms with Gasteiger partial charge in [-0.25, -0.2) is 0 Å². The highest BCUT2D eigenvalue weighted by Gasteiger charge is 2.35. The fourth-order valence-electron chi connectivity index (χ4n) is 2.76. The Hall–Kier alpha value is -1.65. The van der Waals surface area contributed by atoms with E-state index in [1.54, 1.807) is 11.3 Å². The van der Waals surface area contributed by atoms with Gasteiger partial charge in [0.2, 0.25) is 0 Å². The molecule has 4 heteroatoms. The summed E-state index contributed by atoms with van der Waals surface area (Å²) in [5, 5.41) is 13.5. The van der Waals surface area contributed by atoms with Gasteiger partial charge in [0.1, 0.15) is 0 Å². The molecule has 0 spiro atoms. The summed E-state index contributed by atoms with van der Waals surface area (Å²) in [6, 6.07) is 12.6. The van der Waals surface area contributed by atoms with Crippen LogP contribution in [-0.2, 0) is 11.3 Å². The molecule has 0 saturated heterocycles. The Morgan fingerprint density at radius 2 is 2.05 bits per heavy atom. The summed E-state index contributed by atoms with van der Waals surface area (Å²) in [5.41, 5.74) is 2.38. The van der Waals surface area contributed by atoms with E-state index < -0.39 is 5.97 Å². The van der Waals surface area contributed by atoms with Gasteiger partial charge < -0.3 is 5.11 Å². The Morgan fingerprint density at radius 1 is 1.29 bits per heavy atom. The van der Waals surface area contributed by atoms with Crippen molar-refractivity contribution in [3.8, 4) is 0 Å². The maximum atomic E-state index is 11.3. The first kappa shape index (κ1) is 14.3. The minimum atomic E-state index is -0.736. The number of hydrogen-bond donors (Lipinski definition) is 1. The Morgan fingerprint density at radius 3 is 2.62 bits per heavy atom. The van der Waals surface area contributed by atoms with Crippen molar-refractivity contribution in [2.45, 2.75) is 37.9 Å². The lowest BCUT2D eigenvalue weighted by atomic mass is 10.0. The number of hydrogen-bond acceptors (Lipinski definition) is 3. The molecule has 1 aliphatic carbocycles. The number of carboxylic acids is 1. The fourth-order valence-corrected chi connectivity index (χ4v) is 3.42. The smallest absolute Gasteiger partial charge is 0.305 e. The summed E-state index contributed by atoms with van der Waals surface area (Å²) in [6.45, 7) is 0.834. The summed E-state index contributed by atoms with van der Waals surface area (Å²) in [5.74, 6) is -0.736. The number of thiophene rings is 1. The highest BCUT2D eigenvalue weighted by Crippen LogP contribution is 2.37. The van der Waals surface area contributed by atoms with Crippen LogP contribution in [0.15, 0.2) is 47.2 Å². The number of aliphatic carboxylic acids is 1. The van der Waals surface area contributed by atoms with Crippen molar-refractivity contribution in [3.63, 3.8) is 0 Å². The van der Waals surface area contributed by atoms with Crippen LogP contribution in [0.4, 0.5) is 0 Å². The van der Waals surface area contributed by atoms with Gasteiger partial charge in [-0.15, -0.1) is 0 Å². The Kier molecular flexibility index (Phi) is 4.36. The van der Waals surface area contributed by atoms with Gasteiger partial charge in [0.05, 0.1) is 6.42 Å². The Bertz CT molecular complexity index is 578. The van der Waals surface area contributed by atoms with E-state index >= 15 is 0 Å². The molecule has 1 saturated carbocycles. The second-order valence-corrected chi connectivity index (χ2v) is 6.34. The van der Waals surface area contributed by atoms with E-state index in [2.05, 4.69) is 21.7 Å². The third kappa shape index (κ3) is 3.71. The molecule has 2 aromatic rings. The highest BCUT2D eigenvalue weighted by molar-refractivity contribution is 7.07. The molecule has 1 atom stereocenters. The van der Waals surface area contributed by atoms with Gasteiger partial charge in [-0.1, -0.05) is 30.3 Å². The normalized spacial score (nSPS) is 16.0. The predicted molar refractivity (Wildman–Crippen MR) is 84.3 cm³/mol. The van der Waals surface area contributed by atoms with Crippen LogP contribution in [0, 0.1) is 0 Å². The Labute approximate surface area is 128 Å². The van der Waals surface area contributed by atoms with Crippen molar-refractivity contribution in [3.05, 3.63) is 58.3 Å². The first-order valence-electron chi connectivity index (χ1n) is 7.27. The van der Waals surface area contributed by atoms with Crippen LogP contribution in [0.2, 0.25) is 0 Å². The van der Waals surface area contributed by atoms with Gasteiger partial charge in [0, 0.05) is 18.6 Å². The van der Waals surface area contributed by atoms with E-state index in [0.717, 1.165) is 12.1 Å². The van der Waals surface area contributed by atoms with E-state index in [-0.39, 0.29) is 12.5 Å². The standard InChI is InChI=1S/C17H19NO2S/c19-17(20)10-16(14-4-2-1-3-5-14)18(15-6-7-15)11-13-8-9-21-12-13/h1-5,8-9,12,15-16H,6-7,10-11H2,(H,19,20). The van der Waals surface area contributed by atoms with E-state index in [1.165, 1.54) is 18.4 Å². The lowest BCUT2D eigenvalue weighted by Crippen LogP contribution is -2.32. The summed E-state index contributed by atoms with van der Waals surface area (Å²) >= 11 is 1.69. The van der Waals surface area contributed by atoms with E-state index in [0.29, 0.717) is 6.04 Å². The van der Waals surface area contributed by atoms with Crippen LogP contribution in [-0.4, -0.2) is 22.0 Å². The van der Waals surface area contributed by atoms with Gasteiger partial charge in [-0.05, 0) is 40.8 Å². The molecule has 1 aromatic carbocycles. The summed E-state index contributed by atoms with van der Waals surface area (Å²) in [6.07, 6.45) is 2.50. The quantitative estimate of drug-likeness (QED) is 0.842. The van der Waals surface area contributed by atoms with Crippen LogP contribution < -0.4 is 0 Å². The molecule has 1 N–H and O–H groups in total. The van der Waals surface area contributed by atoms with Crippen molar-refractivity contribution < 1.29 is 9.90 Å². The zero-order valence-corrected chi connectivity index (χ0v) is 12.6. The van der Waals surface area contributed by atoms with Crippen molar-refractivity contribution in [1.29, 1.82) is 0 Å². The summed E-state index contributed by atoms with van der Waals surface area (Å²) in [4.78, 5) is 13.7. The molecule has 0 amide bonds. The third-order valence-corrected chi connectivity index (χ3v) is 4.65. The van der Waals surface area contributed by atoms with Crippen LogP contribution in [0.25, 0.3) is 0 Å². The first-order valence-corrected chi connectivity index (χ1v) is 8.22. The summed E-state index contributed by atoms with van der Waals surface area (Å²) < 4.78 is 0. The van der Waals surface area contributed by atoms with Crippen LogP contribution in [0.1, 0.15) is 36.4 Å². The van der Waals surface area contributed by atoms with Crippen molar-refractivity contribution in [1.82, 2.24) is 4.90 Å². The largest absolute Gasteiger partial charge is 0.481 e. The number of benzene rings is 1. The maximum Gasteiger partial charge on any atom is 0.305 e. The molecule has 1 heterocycles. The molecule has 0 aliphatic heterocycles. The van der Waals surface area contributed by atoms with Crippen molar-refractivity contribution in [2.24, 2.45) is 0 Å². The zero-order valence-electron chi connectivity index (χ0n) is 11.8. The van der Waals surface area contributed by atoms with Gasteiger partial charge in [-0.2, -0.15) is 11.3 Å². The second kappa shape index (κ2) is 6.41. The minimum absolute atomic E-state index is 0.0453. The number of nitrogens with zero attached hydrogens (tertiary/aromatic N) is 1. The van der Waals surface area contributed by atoms with Crippen LogP contribution >= 0.6 is 11.3 Å². The highest BCUT2D eigenvalue weighted by atomic mass is 32.1.